The number of rotatable bonds is 3. The molecule has 2 unspecified atom stereocenters. The Hall–Kier alpha value is -0.650. The molecule has 0 aromatic heterocycles. The van der Waals surface area contributed by atoms with E-state index < -0.39 is 0 Å². The summed E-state index contributed by atoms with van der Waals surface area (Å²) in [5, 5.41) is 6.52. The van der Waals surface area contributed by atoms with Gasteiger partial charge in [0.1, 0.15) is 0 Å². The minimum absolute atomic E-state index is 0.0344. The molecule has 2 heterocycles. The number of hydrogen-bond donors (Lipinski definition) is 2. The van der Waals surface area contributed by atoms with Gasteiger partial charge in [0.15, 0.2) is 0 Å². The summed E-state index contributed by atoms with van der Waals surface area (Å²) in [4.78, 5) is 16.4. The zero-order valence-electron chi connectivity index (χ0n) is 10.9. The monoisotopic (exact) mass is 240 g/mol. The zero-order chi connectivity index (χ0) is 12.3. The van der Waals surface area contributed by atoms with Crippen LogP contribution in [-0.4, -0.2) is 75.1 Å². The summed E-state index contributed by atoms with van der Waals surface area (Å²) >= 11 is 0. The second-order valence-electron chi connectivity index (χ2n) is 5.35. The second kappa shape index (κ2) is 5.80. The number of nitrogens with zero attached hydrogens (tertiary/aromatic N) is 2. The highest BCUT2D eigenvalue weighted by atomic mass is 16.2. The van der Waals surface area contributed by atoms with Crippen LogP contribution >= 0.6 is 0 Å². The molecule has 1 amide bonds. The number of carbonyl (C=O) groups is 1. The fourth-order valence-corrected chi connectivity index (χ4v) is 2.75. The van der Waals surface area contributed by atoms with Gasteiger partial charge in [0.05, 0.1) is 6.04 Å². The van der Waals surface area contributed by atoms with Crippen molar-refractivity contribution < 1.29 is 4.79 Å². The molecule has 5 heteroatoms. The normalized spacial score (nSPS) is 30.5. The Labute approximate surface area is 104 Å². The van der Waals surface area contributed by atoms with Crippen molar-refractivity contribution in [2.45, 2.75) is 12.5 Å². The highest BCUT2D eigenvalue weighted by Crippen LogP contribution is 2.15. The van der Waals surface area contributed by atoms with Gasteiger partial charge >= 0.3 is 0 Å². The van der Waals surface area contributed by atoms with Gasteiger partial charge in [-0.15, -0.1) is 0 Å². The van der Waals surface area contributed by atoms with Crippen LogP contribution in [0.3, 0.4) is 0 Å². The van der Waals surface area contributed by atoms with Gasteiger partial charge in [-0.1, -0.05) is 0 Å². The number of likely N-dealkylation sites (N-methyl/N-ethyl adjacent to an activating group) is 1. The number of likely N-dealkylation sites (tertiary alicyclic amines) is 1. The number of piperazine rings is 1. The first-order valence-electron chi connectivity index (χ1n) is 6.54. The van der Waals surface area contributed by atoms with Crippen LogP contribution in [0.1, 0.15) is 6.42 Å². The fraction of sp³-hybridized carbons (Fsp3) is 0.917. The third-order valence-electron chi connectivity index (χ3n) is 3.74. The van der Waals surface area contributed by atoms with Gasteiger partial charge in [0, 0.05) is 39.8 Å². The summed E-state index contributed by atoms with van der Waals surface area (Å²) in [5.41, 5.74) is 0. The van der Waals surface area contributed by atoms with Crippen LogP contribution in [0, 0.1) is 5.92 Å². The predicted molar refractivity (Wildman–Crippen MR) is 67.9 cm³/mol. The Morgan fingerprint density at radius 2 is 2.29 bits per heavy atom. The Balaban J connectivity index is 1.78. The summed E-state index contributed by atoms with van der Waals surface area (Å²) in [6.07, 6.45) is 1.21. The van der Waals surface area contributed by atoms with Crippen molar-refractivity contribution in [1.29, 1.82) is 0 Å². The van der Waals surface area contributed by atoms with E-state index in [2.05, 4.69) is 22.6 Å². The lowest BCUT2D eigenvalue weighted by Gasteiger charge is -2.29. The number of carbonyl (C=O) groups excluding carboxylic acids is 1. The molecule has 0 aromatic carbocycles. The summed E-state index contributed by atoms with van der Waals surface area (Å²) in [6.45, 7) is 5.77. The highest BCUT2D eigenvalue weighted by molar-refractivity contribution is 5.82. The Kier molecular flexibility index (Phi) is 4.36. The van der Waals surface area contributed by atoms with E-state index in [0.29, 0.717) is 5.92 Å². The van der Waals surface area contributed by atoms with E-state index in [4.69, 9.17) is 0 Å². The van der Waals surface area contributed by atoms with E-state index in [1.165, 1.54) is 6.42 Å². The Morgan fingerprint density at radius 1 is 1.47 bits per heavy atom. The fourth-order valence-electron chi connectivity index (χ4n) is 2.75. The molecule has 2 N–H and O–H groups in total. The van der Waals surface area contributed by atoms with Crippen LogP contribution in [0.25, 0.3) is 0 Å². The molecule has 2 atom stereocenters. The molecule has 0 aliphatic carbocycles. The zero-order valence-corrected chi connectivity index (χ0v) is 10.9. The van der Waals surface area contributed by atoms with Gasteiger partial charge in [-0.25, -0.2) is 0 Å². The molecule has 2 saturated heterocycles. The predicted octanol–water partition coefficient (Wildman–Crippen LogP) is -1.04. The lowest BCUT2D eigenvalue weighted by atomic mass is 10.1. The summed E-state index contributed by atoms with van der Waals surface area (Å²) in [6, 6.07) is -0.0344. The Morgan fingerprint density at radius 3 is 2.88 bits per heavy atom. The van der Waals surface area contributed by atoms with Gasteiger partial charge in [0.25, 0.3) is 0 Å². The van der Waals surface area contributed by atoms with Crippen LogP contribution in [0.5, 0.6) is 0 Å². The molecule has 2 fully saturated rings. The molecule has 0 spiro atoms. The van der Waals surface area contributed by atoms with Gasteiger partial charge in [-0.2, -0.15) is 0 Å². The minimum Gasteiger partial charge on any atom is -0.344 e. The standard InChI is InChI=1S/C12H24N4O/c1-15-6-3-10(8-15)9-16(2)12(17)11-7-13-4-5-14-11/h10-11,13-14H,3-9H2,1-2H3. The maximum absolute atomic E-state index is 12.2. The summed E-state index contributed by atoms with van der Waals surface area (Å²) in [7, 11) is 4.07. The topological polar surface area (TPSA) is 47.6 Å². The molecule has 2 aliphatic heterocycles. The van der Waals surface area contributed by atoms with Crippen molar-refractivity contribution in [3.8, 4) is 0 Å². The maximum atomic E-state index is 12.2. The molecule has 98 valence electrons. The molecular formula is C12H24N4O. The second-order valence-corrected chi connectivity index (χ2v) is 5.35. The lowest BCUT2D eigenvalue weighted by Crippen LogP contribution is -2.56. The van der Waals surface area contributed by atoms with Crippen LogP contribution in [0.4, 0.5) is 0 Å². The van der Waals surface area contributed by atoms with Gasteiger partial charge in [-0.05, 0) is 25.9 Å². The van der Waals surface area contributed by atoms with Crippen molar-refractivity contribution in [1.82, 2.24) is 20.4 Å². The van der Waals surface area contributed by atoms with Crippen molar-refractivity contribution in [3.63, 3.8) is 0 Å². The molecule has 0 radical (unpaired) electrons. The first kappa shape index (κ1) is 12.8. The number of nitrogens with one attached hydrogen (secondary N) is 2. The van der Waals surface area contributed by atoms with E-state index in [-0.39, 0.29) is 11.9 Å². The van der Waals surface area contributed by atoms with Crippen LogP contribution < -0.4 is 10.6 Å². The van der Waals surface area contributed by atoms with Crippen LogP contribution in [-0.2, 0) is 4.79 Å². The van der Waals surface area contributed by atoms with Crippen LogP contribution in [0.15, 0.2) is 0 Å². The van der Waals surface area contributed by atoms with E-state index in [0.717, 1.165) is 39.3 Å². The molecule has 2 aliphatic rings. The van der Waals surface area contributed by atoms with Crippen LogP contribution in [0.2, 0.25) is 0 Å². The molecule has 0 bridgehead atoms. The van der Waals surface area contributed by atoms with Crippen molar-refractivity contribution in [2.24, 2.45) is 5.92 Å². The first-order chi connectivity index (χ1) is 8.16. The first-order valence-corrected chi connectivity index (χ1v) is 6.54. The van der Waals surface area contributed by atoms with E-state index in [1.54, 1.807) is 0 Å². The molecule has 17 heavy (non-hydrogen) atoms. The van der Waals surface area contributed by atoms with Gasteiger partial charge < -0.3 is 20.4 Å². The van der Waals surface area contributed by atoms with Crippen molar-refractivity contribution in [3.05, 3.63) is 0 Å². The SMILES string of the molecule is CN1CCC(CN(C)C(=O)C2CNCCN2)C1. The van der Waals surface area contributed by atoms with E-state index >= 15 is 0 Å². The largest absolute Gasteiger partial charge is 0.344 e. The van der Waals surface area contributed by atoms with Crippen molar-refractivity contribution >= 4 is 5.91 Å². The van der Waals surface area contributed by atoms with Gasteiger partial charge in [0.2, 0.25) is 5.91 Å². The third-order valence-corrected chi connectivity index (χ3v) is 3.74. The van der Waals surface area contributed by atoms with Gasteiger partial charge in [-0.3, -0.25) is 4.79 Å². The average Bonchev–Trinajstić information content (AvgIpc) is 2.75. The van der Waals surface area contributed by atoms with E-state index in [9.17, 15) is 4.79 Å². The van der Waals surface area contributed by atoms with E-state index in [1.807, 2.05) is 11.9 Å². The molecule has 2 rings (SSSR count). The molecule has 5 nitrogen and oxygen atoms in total. The Bertz CT molecular complexity index is 265. The highest BCUT2D eigenvalue weighted by Gasteiger charge is 2.27. The smallest absolute Gasteiger partial charge is 0.240 e. The average molecular weight is 240 g/mol. The minimum atomic E-state index is -0.0344. The molecule has 0 saturated carbocycles. The van der Waals surface area contributed by atoms with Crippen molar-refractivity contribution in [2.75, 3.05) is 53.4 Å². The molecule has 0 aromatic rings. The number of amides is 1. The maximum Gasteiger partial charge on any atom is 0.240 e. The summed E-state index contributed by atoms with van der Waals surface area (Å²) < 4.78 is 0. The number of hydrogen-bond acceptors (Lipinski definition) is 4. The molecular weight excluding hydrogens is 216 g/mol. The quantitative estimate of drug-likeness (QED) is 0.661. The third kappa shape index (κ3) is 3.40. The lowest BCUT2D eigenvalue weighted by molar-refractivity contribution is -0.132. The summed E-state index contributed by atoms with van der Waals surface area (Å²) in [5.74, 6) is 0.872.